The van der Waals surface area contributed by atoms with E-state index in [1.807, 2.05) is 68.4 Å². The van der Waals surface area contributed by atoms with Crippen LogP contribution in [0, 0.1) is 5.92 Å². The predicted octanol–water partition coefficient (Wildman–Crippen LogP) is 3.82. The van der Waals surface area contributed by atoms with Crippen molar-refractivity contribution in [1.82, 2.24) is 9.78 Å². The summed E-state index contributed by atoms with van der Waals surface area (Å²) in [7, 11) is 0. The van der Waals surface area contributed by atoms with Gasteiger partial charge in [0.1, 0.15) is 5.69 Å². The van der Waals surface area contributed by atoms with E-state index in [2.05, 4.69) is 10.4 Å². The Labute approximate surface area is 152 Å². The molecule has 1 aromatic heterocycles. The molecule has 3 rings (SSSR count). The molecule has 0 bridgehead atoms. The van der Waals surface area contributed by atoms with Gasteiger partial charge in [-0.3, -0.25) is 9.59 Å². The van der Waals surface area contributed by atoms with Crippen molar-refractivity contribution in [2.24, 2.45) is 5.92 Å². The number of para-hydroxylation sites is 1. The summed E-state index contributed by atoms with van der Waals surface area (Å²) in [5, 5.41) is 7.11. The first-order chi connectivity index (χ1) is 12.5. The molecule has 0 atom stereocenters. The number of benzene rings is 2. The van der Waals surface area contributed by atoms with E-state index in [4.69, 9.17) is 0 Å². The molecular formula is C21H21N3O2. The zero-order chi connectivity index (χ0) is 18.5. The number of hydrogen-bond acceptors (Lipinski definition) is 3. The van der Waals surface area contributed by atoms with E-state index in [1.54, 1.807) is 0 Å². The van der Waals surface area contributed by atoms with Crippen molar-refractivity contribution in [3.63, 3.8) is 0 Å². The van der Waals surface area contributed by atoms with E-state index in [0.29, 0.717) is 12.2 Å². The van der Waals surface area contributed by atoms with Crippen LogP contribution in [0.25, 0.3) is 11.1 Å². The minimum absolute atomic E-state index is 0.208. The molecule has 5 heteroatoms. The van der Waals surface area contributed by atoms with Crippen LogP contribution in [0.4, 0.5) is 5.69 Å². The number of amides is 1. The Morgan fingerprint density at radius 2 is 1.69 bits per heavy atom. The highest BCUT2D eigenvalue weighted by atomic mass is 16.2. The maximum absolute atomic E-state index is 12.7. The van der Waals surface area contributed by atoms with Crippen LogP contribution in [0.15, 0.2) is 71.5 Å². The minimum Gasteiger partial charge on any atom is -0.320 e. The highest BCUT2D eigenvalue weighted by Crippen LogP contribution is 2.27. The van der Waals surface area contributed by atoms with Crippen LogP contribution in [0.2, 0.25) is 0 Å². The average Bonchev–Trinajstić information content (AvgIpc) is 2.64. The second-order valence-electron chi connectivity index (χ2n) is 6.50. The van der Waals surface area contributed by atoms with Crippen molar-refractivity contribution in [1.29, 1.82) is 0 Å². The first-order valence-electron chi connectivity index (χ1n) is 8.58. The van der Waals surface area contributed by atoms with Crippen molar-refractivity contribution < 1.29 is 4.79 Å². The van der Waals surface area contributed by atoms with Crippen molar-refractivity contribution in [2.45, 2.75) is 20.4 Å². The first kappa shape index (κ1) is 17.6. The third kappa shape index (κ3) is 4.06. The molecule has 5 nitrogen and oxygen atoms in total. The lowest BCUT2D eigenvalue weighted by Gasteiger charge is -2.12. The smallest absolute Gasteiger partial charge is 0.276 e. The van der Waals surface area contributed by atoms with Gasteiger partial charge in [0, 0.05) is 23.9 Å². The van der Waals surface area contributed by atoms with Crippen LogP contribution in [0.1, 0.15) is 24.3 Å². The molecule has 1 N–H and O–H groups in total. The molecule has 0 aliphatic heterocycles. The first-order valence-corrected chi connectivity index (χ1v) is 8.58. The Hall–Kier alpha value is -3.21. The van der Waals surface area contributed by atoms with Crippen LogP contribution in [-0.2, 0) is 6.54 Å². The Bertz CT molecular complexity index is 962. The normalized spacial score (nSPS) is 10.7. The van der Waals surface area contributed by atoms with E-state index in [9.17, 15) is 9.59 Å². The molecule has 132 valence electrons. The fourth-order valence-electron chi connectivity index (χ4n) is 2.69. The van der Waals surface area contributed by atoms with Crippen LogP contribution >= 0.6 is 0 Å². The summed E-state index contributed by atoms with van der Waals surface area (Å²) in [6.45, 7) is 4.47. The van der Waals surface area contributed by atoms with Crippen molar-refractivity contribution in [3.8, 4) is 11.1 Å². The number of carbonyl (C=O) groups is 1. The molecule has 0 aliphatic carbocycles. The maximum Gasteiger partial charge on any atom is 0.276 e. The fourth-order valence-corrected chi connectivity index (χ4v) is 2.69. The van der Waals surface area contributed by atoms with Gasteiger partial charge < -0.3 is 5.32 Å². The molecule has 0 saturated heterocycles. The number of hydrogen-bond donors (Lipinski definition) is 1. The summed E-state index contributed by atoms with van der Waals surface area (Å²) in [5.74, 6) is -0.0804. The van der Waals surface area contributed by atoms with E-state index in [1.165, 1.54) is 16.8 Å². The SMILES string of the molecule is CC(C)Cn1nc(C(=O)Nc2ccccc2-c2ccccc2)ccc1=O. The van der Waals surface area contributed by atoms with E-state index >= 15 is 0 Å². The number of aromatic nitrogens is 2. The Balaban J connectivity index is 1.89. The Kier molecular flexibility index (Phi) is 5.27. The van der Waals surface area contributed by atoms with Gasteiger partial charge in [-0.25, -0.2) is 4.68 Å². The summed E-state index contributed by atoms with van der Waals surface area (Å²) in [5.41, 5.74) is 2.65. The van der Waals surface area contributed by atoms with Gasteiger partial charge in [0.25, 0.3) is 11.5 Å². The molecule has 1 amide bonds. The Morgan fingerprint density at radius 1 is 1.00 bits per heavy atom. The predicted molar refractivity (Wildman–Crippen MR) is 103 cm³/mol. The summed E-state index contributed by atoms with van der Waals surface area (Å²) < 4.78 is 1.34. The number of rotatable bonds is 5. The highest BCUT2D eigenvalue weighted by Gasteiger charge is 2.13. The lowest BCUT2D eigenvalue weighted by atomic mass is 10.0. The molecule has 3 aromatic rings. The molecule has 2 aromatic carbocycles. The topological polar surface area (TPSA) is 64.0 Å². The number of nitrogens with zero attached hydrogens (tertiary/aromatic N) is 2. The molecule has 0 saturated carbocycles. The van der Waals surface area contributed by atoms with Crippen LogP contribution in [-0.4, -0.2) is 15.7 Å². The van der Waals surface area contributed by atoms with Gasteiger partial charge >= 0.3 is 0 Å². The van der Waals surface area contributed by atoms with Crippen molar-refractivity contribution >= 4 is 11.6 Å². The lowest BCUT2D eigenvalue weighted by molar-refractivity contribution is 0.101. The molecule has 0 spiro atoms. The van der Waals surface area contributed by atoms with Gasteiger partial charge in [-0.05, 0) is 23.6 Å². The van der Waals surface area contributed by atoms with E-state index in [0.717, 1.165) is 11.1 Å². The number of nitrogens with one attached hydrogen (secondary N) is 1. The standard InChI is InChI=1S/C21H21N3O2/c1-15(2)14-24-20(25)13-12-19(23-24)21(26)22-18-11-7-6-10-17(18)16-8-4-3-5-9-16/h3-13,15H,14H2,1-2H3,(H,22,26). The maximum atomic E-state index is 12.7. The zero-order valence-electron chi connectivity index (χ0n) is 14.8. The van der Waals surface area contributed by atoms with Crippen LogP contribution < -0.4 is 10.9 Å². The fraction of sp³-hybridized carbons (Fsp3) is 0.190. The quantitative estimate of drug-likeness (QED) is 0.763. The summed E-state index contributed by atoms with van der Waals surface area (Å²) >= 11 is 0. The van der Waals surface area contributed by atoms with Crippen LogP contribution in [0.3, 0.4) is 0 Å². The minimum atomic E-state index is -0.342. The van der Waals surface area contributed by atoms with Crippen LogP contribution in [0.5, 0.6) is 0 Å². The summed E-state index contributed by atoms with van der Waals surface area (Å²) in [6.07, 6.45) is 0. The van der Waals surface area contributed by atoms with Crippen molar-refractivity contribution in [3.05, 3.63) is 82.8 Å². The van der Waals surface area contributed by atoms with Gasteiger partial charge in [0.05, 0.1) is 0 Å². The van der Waals surface area contributed by atoms with Gasteiger partial charge in [-0.2, -0.15) is 5.10 Å². The number of carbonyl (C=O) groups excluding carboxylic acids is 1. The third-order valence-corrected chi connectivity index (χ3v) is 3.90. The average molecular weight is 347 g/mol. The molecule has 0 unspecified atom stereocenters. The largest absolute Gasteiger partial charge is 0.320 e. The molecule has 0 fully saturated rings. The summed E-state index contributed by atoms with van der Waals surface area (Å²) in [4.78, 5) is 24.6. The Morgan fingerprint density at radius 3 is 2.42 bits per heavy atom. The number of anilines is 1. The molecule has 1 heterocycles. The van der Waals surface area contributed by atoms with E-state index < -0.39 is 0 Å². The zero-order valence-corrected chi connectivity index (χ0v) is 14.8. The van der Waals surface area contributed by atoms with Gasteiger partial charge in [-0.1, -0.05) is 62.4 Å². The molecule has 0 radical (unpaired) electrons. The molecular weight excluding hydrogens is 326 g/mol. The molecule has 26 heavy (non-hydrogen) atoms. The van der Waals surface area contributed by atoms with Gasteiger partial charge in [0.2, 0.25) is 0 Å². The van der Waals surface area contributed by atoms with Crippen molar-refractivity contribution in [2.75, 3.05) is 5.32 Å². The van der Waals surface area contributed by atoms with E-state index in [-0.39, 0.29) is 23.1 Å². The second-order valence-corrected chi connectivity index (χ2v) is 6.50. The van der Waals surface area contributed by atoms with Gasteiger partial charge in [-0.15, -0.1) is 0 Å². The second kappa shape index (κ2) is 7.78. The van der Waals surface area contributed by atoms with Gasteiger partial charge in [0.15, 0.2) is 0 Å². The molecule has 0 aliphatic rings. The summed E-state index contributed by atoms with van der Waals surface area (Å²) in [6, 6.07) is 20.3. The lowest BCUT2D eigenvalue weighted by Crippen LogP contribution is -2.27. The third-order valence-electron chi connectivity index (χ3n) is 3.90. The highest BCUT2D eigenvalue weighted by molar-refractivity contribution is 6.04. The monoisotopic (exact) mass is 347 g/mol.